The van der Waals surface area contributed by atoms with Crippen LogP contribution in [-0.2, 0) is 0 Å². The number of aliphatic hydroxyl groups excluding tert-OH is 1. The largest absolute Gasteiger partial charge is 0.396 e. The Labute approximate surface area is 123 Å². The van der Waals surface area contributed by atoms with Gasteiger partial charge in [-0.1, -0.05) is 13.8 Å². The van der Waals surface area contributed by atoms with E-state index in [1.54, 1.807) is 16.8 Å². The molecule has 21 heavy (non-hydrogen) atoms. The van der Waals surface area contributed by atoms with Crippen molar-refractivity contribution in [2.24, 2.45) is 5.41 Å². The third-order valence-corrected chi connectivity index (χ3v) is 3.37. The number of hydrogen-bond acceptors (Lipinski definition) is 5. The quantitative estimate of drug-likeness (QED) is 0.827. The minimum absolute atomic E-state index is 0.0777. The van der Waals surface area contributed by atoms with E-state index in [1.165, 1.54) is 0 Å². The molecule has 0 saturated heterocycles. The van der Waals surface area contributed by atoms with Crippen LogP contribution in [0.5, 0.6) is 0 Å². The number of aromatic nitrogens is 4. The molecule has 2 N–H and O–H groups in total. The molecule has 0 aliphatic rings. The lowest BCUT2D eigenvalue weighted by Crippen LogP contribution is -2.34. The molecule has 0 aliphatic heterocycles. The molecule has 7 heteroatoms. The molecule has 1 amide bonds. The van der Waals surface area contributed by atoms with Crippen molar-refractivity contribution in [2.45, 2.75) is 33.6 Å². The van der Waals surface area contributed by atoms with E-state index in [1.807, 2.05) is 20.8 Å². The Balaban J connectivity index is 2.04. The van der Waals surface area contributed by atoms with Gasteiger partial charge in [0.15, 0.2) is 0 Å². The Bertz CT molecular complexity index is 635. The van der Waals surface area contributed by atoms with Crippen molar-refractivity contribution in [1.82, 2.24) is 24.9 Å². The van der Waals surface area contributed by atoms with Crippen LogP contribution < -0.4 is 5.32 Å². The molecular weight excluding hydrogens is 270 g/mol. The summed E-state index contributed by atoms with van der Waals surface area (Å²) >= 11 is 0. The summed E-state index contributed by atoms with van der Waals surface area (Å²) in [5.74, 6) is 0.228. The van der Waals surface area contributed by atoms with Crippen LogP contribution in [0, 0.1) is 12.3 Å². The van der Waals surface area contributed by atoms with E-state index in [0.29, 0.717) is 12.3 Å². The number of nitrogens with one attached hydrogen (secondary N) is 1. The summed E-state index contributed by atoms with van der Waals surface area (Å²) in [7, 11) is 0. The molecule has 0 atom stereocenters. The summed E-state index contributed by atoms with van der Waals surface area (Å²) in [6.45, 7) is 6.64. The first-order valence-corrected chi connectivity index (χ1v) is 7.00. The molecule has 0 radical (unpaired) electrons. The van der Waals surface area contributed by atoms with Gasteiger partial charge in [0.1, 0.15) is 0 Å². The van der Waals surface area contributed by atoms with E-state index in [9.17, 15) is 4.79 Å². The second-order valence-electron chi connectivity index (χ2n) is 5.91. The number of rotatable bonds is 6. The Morgan fingerprint density at radius 2 is 2.24 bits per heavy atom. The molecule has 2 rings (SSSR count). The first-order chi connectivity index (χ1) is 9.93. The van der Waals surface area contributed by atoms with Gasteiger partial charge in [-0.05, 0) is 31.2 Å². The van der Waals surface area contributed by atoms with Gasteiger partial charge in [-0.25, -0.2) is 9.50 Å². The van der Waals surface area contributed by atoms with Crippen LogP contribution in [0.3, 0.4) is 0 Å². The lowest BCUT2D eigenvalue weighted by atomic mass is 9.88. The number of fused-ring (bicyclic) bond motifs is 1. The minimum Gasteiger partial charge on any atom is -0.396 e. The molecule has 2 heterocycles. The lowest BCUT2D eigenvalue weighted by molar-refractivity contribution is 0.0922. The van der Waals surface area contributed by atoms with Crippen LogP contribution in [0.25, 0.3) is 5.78 Å². The van der Waals surface area contributed by atoms with Crippen molar-refractivity contribution in [1.29, 1.82) is 0 Å². The molecule has 0 aromatic carbocycles. The number of aryl methyl sites for hydroxylation is 1. The van der Waals surface area contributed by atoms with Crippen molar-refractivity contribution < 1.29 is 9.90 Å². The van der Waals surface area contributed by atoms with Crippen LogP contribution in [0.2, 0.25) is 0 Å². The number of carbonyl (C=O) groups is 1. The Morgan fingerprint density at radius 3 is 2.90 bits per heavy atom. The van der Waals surface area contributed by atoms with E-state index in [-0.39, 0.29) is 23.8 Å². The Kier molecular flexibility index (Phi) is 4.52. The summed E-state index contributed by atoms with van der Waals surface area (Å²) in [6, 6.07) is 1.81. The number of amides is 1. The molecule has 7 nitrogen and oxygen atoms in total. The highest BCUT2D eigenvalue weighted by Gasteiger charge is 2.20. The molecule has 0 saturated carbocycles. The summed E-state index contributed by atoms with van der Waals surface area (Å²) in [5, 5.41) is 15.9. The molecule has 2 aromatic heterocycles. The van der Waals surface area contributed by atoms with Crippen LogP contribution in [-0.4, -0.2) is 43.7 Å². The second kappa shape index (κ2) is 6.17. The smallest absolute Gasteiger partial charge is 0.291 e. The van der Waals surface area contributed by atoms with E-state index in [2.05, 4.69) is 20.4 Å². The van der Waals surface area contributed by atoms with Gasteiger partial charge in [-0.15, -0.1) is 5.10 Å². The van der Waals surface area contributed by atoms with Gasteiger partial charge >= 0.3 is 0 Å². The lowest BCUT2D eigenvalue weighted by Gasteiger charge is -2.24. The van der Waals surface area contributed by atoms with E-state index in [0.717, 1.165) is 18.5 Å². The highest BCUT2D eigenvalue weighted by Crippen LogP contribution is 2.20. The van der Waals surface area contributed by atoms with Gasteiger partial charge < -0.3 is 10.4 Å². The summed E-state index contributed by atoms with van der Waals surface area (Å²) < 4.78 is 1.55. The average molecular weight is 291 g/mol. The van der Waals surface area contributed by atoms with E-state index >= 15 is 0 Å². The van der Waals surface area contributed by atoms with Crippen molar-refractivity contribution >= 4 is 11.7 Å². The van der Waals surface area contributed by atoms with Gasteiger partial charge in [0, 0.05) is 25.0 Å². The SMILES string of the molecule is Cc1ccnc2nc(C(=O)NCC(C)(C)CCCO)nn12. The molecular formula is C14H21N5O2. The van der Waals surface area contributed by atoms with Crippen LogP contribution in [0.4, 0.5) is 0 Å². The summed E-state index contributed by atoms with van der Waals surface area (Å²) in [6.07, 6.45) is 3.20. The van der Waals surface area contributed by atoms with Crippen molar-refractivity contribution in [3.63, 3.8) is 0 Å². The highest BCUT2D eigenvalue weighted by molar-refractivity contribution is 5.90. The van der Waals surface area contributed by atoms with Crippen LogP contribution in [0.15, 0.2) is 12.3 Å². The fourth-order valence-electron chi connectivity index (χ4n) is 2.05. The Hall–Kier alpha value is -2.02. The normalized spacial score (nSPS) is 11.8. The minimum atomic E-state index is -0.308. The van der Waals surface area contributed by atoms with E-state index < -0.39 is 0 Å². The van der Waals surface area contributed by atoms with Gasteiger partial charge in [0.05, 0.1) is 0 Å². The third-order valence-electron chi connectivity index (χ3n) is 3.37. The van der Waals surface area contributed by atoms with Gasteiger partial charge in [0.25, 0.3) is 11.7 Å². The van der Waals surface area contributed by atoms with Crippen molar-refractivity contribution in [3.8, 4) is 0 Å². The maximum Gasteiger partial charge on any atom is 0.291 e. The second-order valence-corrected chi connectivity index (χ2v) is 5.91. The van der Waals surface area contributed by atoms with Gasteiger partial charge in [-0.2, -0.15) is 4.98 Å². The summed E-state index contributed by atoms with van der Waals surface area (Å²) in [4.78, 5) is 20.3. The fraction of sp³-hybridized carbons (Fsp3) is 0.571. The molecule has 114 valence electrons. The van der Waals surface area contributed by atoms with Crippen LogP contribution in [0.1, 0.15) is 43.0 Å². The zero-order valence-corrected chi connectivity index (χ0v) is 12.6. The molecule has 2 aromatic rings. The third kappa shape index (κ3) is 3.75. The standard InChI is InChI=1S/C14H21N5O2/c1-10-5-7-15-13-17-11(18-19(10)13)12(21)16-9-14(2,3)6-4-8-20/h5,7,20H,4,6,8-9H2,1-3H3,(H,16,21). The molecule has 0 bridgehead atoms. The average Bonchev–Trinajstić information content (AvgIpc) is 2.88. The first kappa shape index (κ1) is 15.4. The molecule has 0 spiro atoms. The van der Waals surface area contributed by atoms with E-state index in [4.69, 9.17) is 5.11 Å². The van der Waals surface area contributed by atoms with Crippen molar-refractivity contribution in [2.75, 3.05) is 13.2 Å². The zero-order chi connectivity index (χ0) is 15.5. The fourth-order valence-corrected chi connectivity index (χ4v) is 2.05. The molecule has 0 aliphatic carbocycles. The molecule has 0 unspecified atom stereocenters. The van der Waals surface area contributed by atoms with Gasteiger partial charge in [0.2, 0.25) is 5.82 Å². The van der Waals surface area contributed by atoms with Gasteiger partial charge in [-0.3, -0.25) is 4.79 Å². The molecule has 0 fully saturated rings. The number of hydrogen-bond donors (Lipinski definition) is 2. The Morgan fingerprint density at radius 1 is 1.48 bits per heavy atom. The summed E-state index contributed by atoms with van der Waals surface area (Å²) in [5.41, 5.74) is 0.793. The number of aliphatic hydroxyl groups is 1. The number of carbonyl (C=O) groups excluding carboxylic acids is 1. The topological polar surface area (TPSA) is 92.4 Å². The monoisotopic (exact) mass is 291 g/mol. The maximum atomic E-state index is 12.1. The van der Waals surface area contributed by atoms with Crippen molar-refractivity contribution in [3.05, 3.63) is 23.8 Å². The first-order valence-electron chi connectivity index (χ1n) is 7.00. The van der Waals surface area contributed by atoms with Crippen LogP contribution >= 0.6 is 0 Å². The maximum absolute atomic E-state index is 12.1. The zero-order valence-electron chi connectivity index (χ0n) is 12.6. The number of nitrogens with zero attached hydrogens (tertiary/aromatic N) is 4. The predicted octanol–water partition coefficient (Wildman–Crippen LogP) is 0.961. The highest BCUT2D eigenvalue weighted by atomic mass is 16.2. The predicted molar refractivity (Wildman–Crippen MR) is 78.0 cm³/mol.